The van der Waals surface area contributed by atoms with Gasteiger partial charge in [0.25, 0.3) is 0 Å². The highest BCUT2D eigenvalue weighted by Crippen LogP contribution is 2.12. The SMILES string of the molecule is CC(C)NS(=O)(=O)c1ccc(C=CC(=O)N(C)Cc2ccccn2)cc1. The van der Waals surface area contributed by atoms with E-state index >= 15 is 0 Å². The molecule has 0 spiro atoms. The Balaban J connectivity index is 2.00. The fourth-order valence-corrected chi connectivity index (χ4v) is 3.49. The lowest BCUT2D eigenvalue weighted by atomic mass is 10.2. The van der Waals surface area contributed by atoms with Crippen LogP contribution in [0.15, 0.2) is 59.6 Å². The van der Waals surface area contributed by atoms with Crippen molar-refractivity contribution in [3.05, 3.63) is 66.0 Å². The highest BCUT2D eigenvalue weighted by atomic mass is 32.2. The molecule has 0 saturated heterocycles. The molecule has 138 valence electrons. The number of nitrogens with zero attached hydrogens (tertiary/aromatic N) is 2. The maximum atomic E-state index is 12.2. The summed E-state index contributed by atoms with van der Waals surface area (Å²) in [6.07, 6.45) is 4.80. The molecule has 2 aromatic rings. The van der Waals surface area contributed by atoms with Gasteiger partial charge in [-0.3, -0.25) is 9.78 Å². The van der Waals surface area contributed by atoms with E-state index in [1.165, 1.54) is 18.2 Å². The average molecular weight is 373 g/mol. The van der Waals surface area contributed by atoms with E-state index in [4.69, 9.17) is 0 Å². The summed E-state index contributed by atoms with van der Waals surface area (Å²) in [5.41, 5.74) is 1.55. The number of pyridine rings is 1. The highest BCUT2D eigenvalue weighted by molar-refractivity contribution is 7.89. The maximum absolute atomic E-state index is 12.2. The Morgan fingerprint density at radius 1 is 1.19 bits per heavy atom. The van der Waals surface area contributed by atoms with Crippen LogP contribution in [-0.2, 0) is 21.4 Å². The minimum atomic E-state index is -3.51. The first-order valence-electron chi connectivity index (χ1n) is 8.23. The lowest BCUT2D eigenvalue weighted by Crippen LogP contribution is -2.30. The zero-order valence-electron chi connectivity index (χ0n) is 15.1. The van der Waals surface area contributed by atoms with Gasteiger partial charge in [-0.15, -0.1) is 0 Å². The van der Waals surface area contributed by atoms with Crippen molar-refractivity contribution in [3.8, 4) is 0 Å². The standard InChI is InChI=1S/C19H23N3O3S/c1-15(2)21-26(24,25)18-10-7-16(8-11-18)9-12-19(23)22(3)14-17-6-4-5-13-20-17/h4-13,15,21H,14H2,1-3H3. The summed E-state index contributed by atoms with van der Waals surface area (Å²) < 4.78 is 26.7. The molecule has 1 aromatic carbocycles. The molecule has 0 aliphatic carbocycles. The van der Waals surface area contributed by atoms with Gasteiger partial charge in [-0.05, 0) is 49.8 Å². The molecule has 7 heteroatoms. The Morgan fingerprint density at radius 2 is 1.88 bits per heavy atom. The van der Waals surface area contributed by atoms with Gasteiger partial charge in [-0.1, -0.05) is 18.2 Å². The summed E-state index contributed by atoms with van der Waals surface area (Å²) in [7, 11) is -1.81. The minimum absolute atomic E-state index is 0.158. The van der Waals surface area contributed by atoms with E-state index in [0.29, 0.717) is 6.54 Å². The molecule has 0 aliphatic rings. The van der Waals surface area contributed by atoms with Crippen LogP contribution >= 0.6 is 0 Å². The number of hydrogen-bond acceptors (Lipinski definition) is 4. The lowest BCUT2D eigenvalue weighted by molar-refractivity contribution is -0.125. The molecule has 0 atom stereocenters. The van der Waals surface area contributed by atoms with Crippen molar-refractivity contribution in [2.24, 2.45) is 0 Å². The number of carbonyl (C=O) groups excluding carboxylic acids is 1. The molecule has 0 fully saturated rings. The number of nitrogens with one attached hydrogen (secondary N) is 1. The third-order valence-electron chi connectivity index (χ3n) is 3.50. The van der Waals surface area contributed by atoms with Crippen LogP contribution in [0.25, 0.3) is 6.08 Å². The summed E-state index contributed by atoms with van der Waals surface area (Å²) in [4.78, 5) is 18.1. The molecule has 1 heterocycles. The normalized spacial score (nSPS) is 11.8. The van der Waals surface area contributed by atoms with Crippen LogP contribution < -0.4 is 4.72 Å². The maximum Gasteiger partial charge on any atom is 0.246 e. The number of hydrogen-bond donors (Lipinski definition) is 1. The van der Waals surface area contributed by atoms with Crippen molar-refractivity contribution < 1.29 is 13.2 Å². The molecule has 1 aromatic heterocycles. The van der Waals surface area contributed by atoms with Gasteiger partial charge in [0.1, 0.15) is 0 Å². The van der Waals surface area contributed by atoms with Gasteiger partial charge in [0.2, 0.25) is 15.9 Å². The van der Waals surface area contributed by atoms with Crippen molar-refractivity contribution in [1.82, 2.24) is 14.6 Å². The smallest absolute Gasteiger partial charge is 0.246 e. The van der Waals surface area contributed by atoms with Gasteiger partial charge >= 0.3 is 0 Å². The summed E-state index contributed by atoms with van der Waals surface area (Å²) in [5.74, 6) is -0.158. The molecule has 1 amide bonds. The first-order valence-corrected chi connectivity index (χ1v) is 9.72. The number of amides is 1. The van der Waals surface area contributed by atoms with E-state index < -0.39 is 10.0 Å². The second kappa shape index (κ2) is 8.73. The third-order valence-corrected chi connectivity index (χ3v) is 5.18. The Bertz CT molecular complexity index is 861. The summed E-state index contributed by atoms with van der Waals surface area (Å²) >= 11 is 0. The van der Waals surface area contributed by atoms with Crippen LogP contribution in [0.1, 0.15) is 25.1 Å². The first kappa shape index (κ1) is 19.8. The monoisotopic (exact) mass is 373 g/mol. The van der Waals surface area contributed by atoms with Crippen molar-refractivity contribution in [2.45, 2.75) is 31.3 Å². The van der Waals surface area contributed by atoms with Gasteiger partial charge in [-0.25, -0.2) is 13.1 Å². The van der Waals surface area contributed by atoms with Gasteiger partial charge in [0.05, 0.1) is 17.1 Å². The van der Waals surface area contributed by atoms with Gasteiger partial charge < -0.3 is 4.90 Å². The summed E-state index contributed by atoms with van der Waals surface area (Å²) in [5, 5.41) is 0. The number of rotatable bonds is 7. The van der Waals surface area contributed by atoms with Gasteiger partial charge in [0.15, 0.2) is 0 Å². The van der Waals surface area contributed by atoms with E-state index in [1.807, 2.05) is 18.2 Å². The van der Waals surface area contributed by atoms with Crippen molar-refractivity contribution in [3.63, 3.8) is 0 Å². The number of likely N-dealkylation sites (N-methyl/N-ethyl adjacent to an activating group) is 1. The molecule has 26 heavy (non-hydrogen) atoms. The van der Waals surface area contributed by atoms with Crippen LogP contribution in [0.3, 0.4) is 0 Å². The van der Waals surface area contributed by atoms with E-state index in [2.05, 4.69) is 9.71 Å². The van der Waals surface area contributed by atoms with Crippen LogP contribution in [0, 0.1) is 0 Å². The molecular weight excluding hydrogens is 350 g/mol. The molecule has 0 saturated carbocycles. The van der Waals surface area contributed by atoms with E-state index in [0.717, 1.165) is 11.3 Å². The summed E-state index contributed by atoms with van der Waals surface area (Å²) in [6.45, 7) is 3.95. The van der Waals surface area contributed by atoms with E-state index in [-0.39, 0.29) is 16.8 Å². The zero-order chi connectivity index (χ0) is 19.2. The Kier molecular flexibility index (Phi) is 6.65. The van der Waals surface area contributed by atoms with Gasteiger partial charge in [-0.2, -0.15) is 0 Å². The Labute approximate surface area is 154 Å². The molecule has 0 radical (unpaired) electrons. The fourth-order valence-electron chi connectivity index (χ4n) is 2.24. The molecule has 0 bridgehead atoms. The number of aromatic nitrogens is 1. The predicted octanol–water partition coefficient (Wildman–Crippen LogP) is 2.44. The predicted molar refractivity (Wildman–Crippen MR) is 102 cm³/mol. The zero-order valence-corrected chi connectivity index (χ0v) is 15.9. The van der Waals surface area contributed by atoms with Crippen molar-refractivity contribution in [1.29, 1.82) is 0 Å². The highest BCUT2D eigenvalue weighted by Gasteiger charge is 2.14. The van der Waals surface area contributed by atoms with Crippen molar-refractivity contribution >= 4 is 22.0 Å². The molecular formula is C19H23N3O3S. The van der Waals surface area contributed by atoms with E-state index in [1.54, 1.807) is 50.2 Å². The Morgan fingerprint density at radius 3 is 2.46 bits per heavy atom. The molecule has 0 aliphatic heterocycles. The largest absolute Gasteiger partial charge is 0.336 e. The first-order chi connectivity index (χ1) is 12.3. The van der Waals surface area contributed by atoms with Crippen molar-refractivity contribution in [2.75, 3.05) is 7.05 Å². The van der Waals surface area contributed by atoms with Crippen LogP contribution in [0.2, 0.25) is 0 Å². The number of sulfonamides is 1. The van der Waals surface area contributed by atoms with Gasteiger partial charge in [0, 0.05) is 25.4 Å². The second-order valence-electron chi connectivity index (χ2n) is 6.19. The Hall–Kier alpha value is -2.51. The quantitative estimate of drug-likeness (QED) is 0.756. The lowest BCUT2D eigenvalue weighted by Gasteiger charge is -2.14. The summed E-state index contributed by atoms with van der Waals surface area (Å²) in [6, 6.07) is 11.8. The fraction of sp³-hybridized carbons (Fsp3) is 0.263. The molecule has 6 nitrogen and oxygen atoms in total. The molecule has 1 N–H and O–H groups in total. The second-order valence-corrected chi connectivity index (χ2v) is 7.91. The number of benzene rings is 1. The van der Waals surface area contributed by atoms with Crippen LogP contribution in [-0.4, -0.2) is 37.3 Å². The molecule has 0 unspecified atom stereocenters. The minimum Gasteiger partial charge on any atom is -0.336 e. The molecule has 2 rings (SSSR count). The topological polar surface area (TPSA) is 79.4 Å². The van der Waals surface area contributed by atoms with Crippen LogP contribution in [0.4, 0.5) is 0 Å². The van der Waals surface area contributed by atoms with E-state index in [9.17, 15) is 13.2 Å². The third kappa shape index (κ3) is 5.79. The average Bonchev–Trinajstić information content (AvgIpc) is 2.59. The van der Waals surface area contributed by atoms with Crippen LogP contribution in [0.5, 0.6) is 0 Å². The number of carbonyl (C=O) groups is 1.